The molecule has 2 aromatic heterocycles. The van der Waals surface area contributed by atoms with E-state index in [9.17, 15) is 4.79 Å². The average Bonchev–Trinajstić information content (AvgIpc) is 2.86. The van der Waals surface area contributed by atoms with Crippen molar-refractivity contribution < 1.29 is 9.53 Å². The highest BCUT2D eigenvalue weighted by atomic mass is 127. The van der Waals surface area contributed by atoms with E-state index < -0.39 is 5.97 Å². The second-order valence-electron chi connectivity index (χ2n) is 4.12. The lowest BCUT2D eigenvalue weighted by molar-refractivity contribution is 0.0595. The molecule has 0 saturated heterocycles. The fourth-order valence-corrected chi connectivity index (χ4v) is 2.54. The number of halogens is 1. The van der Waals surface area contributed by atoms with E-state index in [1.54, 1.807) is 17.1 Å². The number of carbonyl (C=O) groups is 1. The lowest BCUT2D eigenvalue weighted by Crippen LogP contribution is -2.04. The van der Waals surface area contributed by atoms with Crippen LogP contribution in [0.15, 0.2) is 42.7 Å². The van der Waals surface area contributed by atoms with Crippen LogP contribution in [-0.4, -0.2) is 27.8 Å². The number of pyridine rings is 1. The van der Waals surface area contributed by atoms with E-state index in [4.69, 9.17) is 4.74 Å². The van der Waals surface area contributed by atoms with Gasteiger partial charge in [0.05, 0.1) is 23.7 Å². The van der Waals surface area contributed by atoms with Crippen molar-refractivity contribution in [3.63, 3.8) is 0 Å². The fourth-order valence-electron chi connectivity index (χ4n) is 2.01. The number of benzene rings is 1. The van der Waals surface area contributed by atoms with Crippen molar-refractivity contribution in [1.82, 2.24) is 14.8 Å². The lowest BCUT2D eigenvalue weighted by atomic mass is 10.2. The smallest absolute Gasteiger partial charge is 0.359 e. The van der Waals surface area contributed by atoms with Crippen LogP contribution in [-0.2, 0) is 4.74 Å². The van der Waals surface area contributed by atoms with Crippen LogP contribution in [0.5, 0.6) is 0 Å². The van der Waals surface area contributed by atoms with Gasteiger partial charge in [0.1, 0.15) is 0 Å². The summed E-state index contributed by atoms with van der Waals surface area (Å²) >= 11 is 2.24. The number of hydrogen-bond donors (Lipinski definition) is 0. The summed E-state index contributed by atoms with van der Waals surface area (Å²) in [5, 5.41) is 5.05. The molecular formula is C14H10IN3O2. The van der Waals surface area contributed by atoms with Crippen LogP contribution in [0, 0.1) is 3.57 Å². The number of rotatable bonds is 2. The van der Waals surface area contributed by atoms with Crippen LogP contribution in [0.3, 0.4) is 0 Å². The zero-order valence-electron chi connectivity index (χ0n) is 10.6. The van der Waals surface area contributed by atoms with E-state index in [0.29, 0.717) is 5.39 Å². The lowest BCUT2D eigenvalue weighted by Gasteiger charge is -2.03. The van der Waals surface area contributed by atoms with E-state index in [1.807, 2.05) is 30.3 Å². The molecule has 5 nitrogen and oxygen atoms in total. The normalized spacial score (nSPS) is 10.7. The molecule has 1 aromatic carbocycles. The minimum Gasteiger partial charge on any atom is -0.464 e. The molecule has 20 heavy (non-hydrogen) atoms. The molecule has 0 spiro atoms. The molecule has 0 N–H and O–H groups in total. The SMILES string of the molecule is COC(=O)c1nn(-c2cccc(I)c2)c2ccncc12. The summed E-state index contributed by atoms with van der Waals surface area (Å²) in [7, 11) is 1.34. The molecule has 3 aromatic rings. The minimum atomic E-state index is -0.465. The van der Waals surface area contributed by atoms with Gasteiger partial charge in [-0.05, 0) is 46.9 Å². The van der Waals surface area contributed by atoms with Crippen LogP contribution in [0.25, 0.3) is 16.6 Å². The monoisotopic (exact) mass is 379 g/mol. The highest BCUT2D eigenvalue weighted by Gasteiger charge is 2.18. The molecular weight excluding hydrogens is 369 g/mol. The maximum Gasteiger partial charge on any atom is 0.359 e. The van der Waals surface area contributed by atoms with Crippen molar-refractivity contribution in [2.75, 3.05) is 7.11 Å². The van der Waals surface area contributed by atoms with Gasteiger partial charge in [-0.1, -0.05) is 6.07 Å². The molecule has 0 saturated carbocycles. The maximum absolute atomic E-state index is 11.8. The molecule has 100 valence electrons. The average molecular weight is 379 g/mol. The number of aromatic nitrogens is 3. The van der Waals surface area contributed by atoms with E-state index in [0.717, 1.165) is 14.8 Å². The van der Waals surface area contributed by atoms with Gasteiger partial charge in [-0.3, -0.25) is 4.98 Å². The zero-order valence-corrected chi connectivity index (χ0v) is 12.7. The minimum absolute atomic E-state index is 0.273. The van der Waals surface area contributed by atoms with Crippen molar-refractivity contribution in [3.8, 4) is 5.69 Å². The first kappa shape index (κ1) is 13.0. The zero-order chi connectivity index (χ0) is 14.1. The predicted molar refractivity (Wildman–Crippen MR) is 82.9 cm³/mol. The summed E-state index contributed by atoms with van der Waals surface area (Å²) in [6.07, 6.45) is 3.30. The van der Waals surface area contributed by atoms with Gasteiger partial charge >= 0.3 is 5.97 Å². The second-order valence-corrected chi connectivity index (χ2v) is 5.37. The quantitative estimate of drug-likeness (QED) is 0.508. The van der Waals surface area contributed by atoms with Crippen LogP contribution in [0.1, 0.15) is 10.5 Å². The van der Waals surface area contributed by atoms with E-state index in [-0.39, 0.29) is 5.69 Å². The molecule has 0 atom stereocenters. The third-order valence-electron chi connectivity index (χ3n) is 2.91. The number of methoxy groups -OCH3 is 1. The number of esters is 1. The molecule has 0 radical (unpaired) electrons. The Morgan fingerprint density at radius 1 is 1.35 bits per heavy atom. The second kappa shape index (κ2) is 5.20. The Balaban J connectivity index is 2.29. The highest BCUT2D eigenvalue weighted by molar-refractivity contribution is 14.1. The van der Waals surface area contributed by atoms with Crippen molar-refractivity contribution in [2.45, 2.75) is 0 Å². The fraction of sp³-hybridized carbons (Fsp3) is 0.0714. The van der Waals surface area contributed by atoms with Crippen molar-refractivity contribution in [2.24, 2.45) is 0 Å². The Hall–Kier alpha value is -1.96. The Kier molecular flexibility index (Phi) is 3.39. The summed E-state index contributed by atoms with van der Waals surface area (Å²) in [6, 6.07) is 9.71. The standard InChI is InChI=1S/C14H10IN3O2/c1-20-14(19)13-11-8-16-6-5-12(11)18(17-13)10-4-2-3-9(15)7-10/h2-8H,1H3. The Labute approximate surface area is 128 Å². The predicted octanol–water partition coefficient (Wildman–Crippen LogP) is 2.81. The van der Waals surface area contributed by atoms with Crippen molar-refractivity contribution in [3.05, 3.63) is 52.0 Å². The third-order valence-corrected chi connectivity index (χ3v) is 3.58. The van der Waals surface area contributed by atoms with E-state index >= 15 is 0 Å². The molecule has 0 bridgehead atoms. The van der Waals surface area contributed by atoms with Crippen molar-refractivity contribution >= 4 is 39.5 Å². The summed E-state index contributed by atoms with van der Waals surface area (Å²) < 4.78 is 7.60. The van der Waals surface area contributed by atoms with Gasteiger partial charge in [-0.2, -0.15) is 5.10 Å². The van der Waals surface area contributed by atoms with Gasteiger partial charge in [-0.25, -0.2) is 9.48 Å². The molecule has 0 aliphatic heterocycles. The Morgan fingerprint density at radius 2 is 2.20 bits per heavy atom. The topological polar surface area (TPSA) is 57.0 Å². The van der Waals surface area contributed by atoms with Crippen LogP contribution in [0.4, 0.5) is 0 Å². The van der Waals surface area contributed by atoms with Gasteiger partial charge in [0.25, 0.3) is 0 Å². The number of ether oxygens (including phenoxy) is 1. The van der Waals surface area contributed by atoms with Gasteiger partial charge in [0.2, 0.25) is 0 Å². The Bertz CT molecular complexity index is 798. The van der Waals surface area contributed by atoms with Gasteiger partial charge < -0.3 is 4.74 Å². The first-order chi connectivity index (χ1) is 9.70. The number of carbonyl (C=O) groups excluding carboxylic acids is 1. The first-order valence-corrected chi connectivity index (χ1v) is 6.95. The number of fused-ring (bicyclic) bond motifs is 1. The van der Waals surface area contributed by atoms with Gasteiger partial charge in [-0.15, -0.1) is 0 Å². The van der Waals surface area contributed by atoms with Gasteiger partial charge in [0.15, 0.2) is 5.69 Å². The maximum atomic E-state index is 11.8. The van der Waals surface area contributed by atoms with Gasteiger partial charge in [0, 0.05) is 16.0 Å². The largest absolute Gasteiger partial charge is 0.464 e. The van der Waals surface area contributed by atoms with Crippen LogP contribution >= 0.6 is 22.6 Å². The molecule has 3 rings (SSSR count). The van der Waals surface area contributed by atoms with Crippen LogP contribution < -0.4 is 0 Å². The van der Waals surface area contributed by atoms with E-state index in [2.05, 4.69) is 32.7 Å². The first-order valence-electron chi connectivity index (χ1n) is 5.87. The molecule has 0 unspecified atom stereocenters. The molecule has 0 fully saturated rings. The molecule has 6 heteroatoms. The summed E-state index contributed by atoms with van der Waals surface area (Å²) in [5.41, 5.74) is 1.99. The summed E-state index contributed by atoms with van der Waals surface area (Å²) in [6.45, 7) is 0. The molecule has 0 aliphatic carbocycles. The Morgan fingerprint density at radius 3 is 2.95 bits per heavy atom. The highest BCUT2D eigenvalue weighted by Crippen LogP contribution is 2.22. The number of nitrogens with zero attached hydrogens (tertiary/aromatic N) is 3. The number of hydrogen-bond acceptors (Lipinski definition) is 4. The summed E-state index contributed by atoms with van der Waals surface area (Å²) in [4.78, 5) is 15.9. The summed E-state index contributed by atoms with van der Waals surface area (Å²) in [5.74, 6) is -0.465. The molecule has 0 aliphatic rings. The molecule has 2 heterocycles. The van der Waals surface area contributed by atoms with Crippen molar-refractivity contribution in [1.29, 1.82) is 0 Å². The third kappa shape index (κ3) is 2.15. The molecule has 0 amide bonds. The van der Waals surface area contributed by atoms with E-state index in [1.165, 1.54) is 7.11 Å². The van der Waals surface area contributed by atoms with Crippen LogP contribution in [0.2, 0.25) is 0 Å².